The fraction of sp³-hybridized carbons (Fsp3) is 0.667. The molecule has 4 nitrogen and oxygen atoms in total. The van der Waals surface area contributed by atoms with E-state index in [-0.39, 0.29) is 11.9 Å². The number of carbonyl (C=O) groups is 1. The molecule has 5 heteroatoms. The van der Waals surface area contributed by atoms with Crippen LogP contribution in [0.3, 0.4) is 0 Å². The van der Waals surface area contributed by atoms with Gasteiger partial charge < -0.3 is 0 Å². The van der Waals surface area contributed by atoms with Crippen molar-refractivity contribution in [3.05, 3.63) is 11.5 Å². The molecule has 14 heavy (non-hydrogen) atoms. The van der Waals surface area contributed by atoms with Gasteiger partial charge in [-0.05, 0) is 12.8 Å². The van der Waals surface area contributed by atoms with Crippen molar-refractivity contribution >= 4 is 15.9 Å². The number of carbonyl (C=O) groups excluding carboxylic acids is 1. The Kier molecular flexibility index (Phi) is 2.34. The average Bonchev–Trinajstić information content (AvgIpc) is 2.42. The summed E-state index contributed by atoms with van der Waals surface area (Å²) in [5, 5.41) is 1.00. The molecule has 78 valence electrons. The quantitative estimate of drug-likeness (QED) is 0.655. The summed E-state index contributed by atoms with van der Waals surface area (Å²) in [7, 11) is -3.43. The topological polar surface area (TPSA) is 54.5 Å². The number of sulfonamides is 1. The molecular formula is C9H13NO3S. The summed E-state index contributed by atoms with van der Waals surface area (Å²) < 4.78 is 24.0. The van der Waals surface area contributed by atoms with Crippen LogP contribution in [0.15, 0.2) is 11.5 Å². The molecule has 1 heterocycles. The molecule has 0 atom stereocenters. The first kappa shape index (κ1) is 9.71. The molecule has 0 aromatic carbocycles. The van der Waals surface area contributed by atoms with Crippen LogP contribution in [-0.4, -0.2) is 24.7 Å². The lowest BCUT2D eigenvalue weighted by Gasteiger charge is -2.29. The SMILES string of the molecule is O=C1C=CS(=O)(=O)N1C1CCCCC1. The lowest BCUT2D eigenvalue weighted by molar-refractivity contribution is -0.122. The Morgan fingerprint density at radius 3 is 2.36 bits per heavy atom. The van der Waals surface area contributed by atoms with Crippen LogP contribution in [0.1, 0.15) is 32.1 Å². The van der Waals surface area contributed by atoms with E-state index in [0.29, 0.717) is 0 Å². The Labute approximate surface area is 83.6 Å². The first-order chi connectivity index (χ1) is 6.61. The molecule has 0 radical (unpaired) electrons. The molecule has 1 aliphatic heterocycles. The minimum Gasteiger partial charge on any atom is -0.269 e. The third kappa shape index (κ3) is 1.56. The highest BCUT2D eigenvalue weighted by Gasteiger charge is 2.36. The summed E-state index contributed by atoms with van der Waals surface area (Å²) in [6, 6.07) is -0.101. The number of rotatable bonds is 1. The van der Waals surface area contributed by atoms with Gasteiger partial charge in [0.2, 0.25) is 0 Å². The van der Waals surface area contributed by atoms with Crippen LogP contribution in [0, 0.1) is 0 Å². The van der Waals surface area contributed by atoms with Gasteiger partial charge in [0.15, 0.2) is 0 Å². The van der Waals surface area contributed by atoms with E-state index in [1.165, 1.54) is 0 Å². The molecule has 0 aromatic heterocycles. The van der Waals surface area contributed by atoms with Crippen LogP contribution in [-0.2, 0) is 14.8 Å². The van der Waals surface area contributed by atoms with E-state index < -0.39 is 10.0 Å². The zero-order valence-electron chi connectivity index (χ0n) is 7.85. The highest BCUT2D eigenvalue weighted by Crippen LogP contribution is 2.27. The molecule has 1 aliphatic carbocycles. The maximum Gasteiger partial charge on any atom is 0.261 e. The standard InChI is InChI=1S/C9H13NO3S/c11-9-6-7-14(12,13)10(9)8-4-2-1-3-5-8/h6-8H,1-5H2. The van der Waals surface area contributed by atoms with Crippen molar-refractivity contribution in [2.75, 3.05) is 0 Å². The zero-order valence-corrected chi connectivity index (χ0v) is 8.66. The van der Waals surface area contributed by atoms with Gasteiger partial charge in [0, 0.05) is 12.1 Å². The smallest absolute Gasteiger partial charge is 0.261 e. The van der Waals surface area contributed by atoms with Gasteiger partial charge >= 0.3 is 0 Å². The van der Waals surface area contributed by atoms with Crippen molar-refractivity contribution in [1.82, 2.24) is 4.31 Å². The first-order valence-electron chi connectivity index (χ1n) is 4.88. The van der Waals surface area contributed by atoms with Crippen LogP contribution in [0.5, 0.6) is 0 Å². The molecule has 2 aliphatic rings. The lowest BCUT2D eigenvalue weighted by Crippen LogP contribution is -2.40. The van der Waals surface area contributed by atoms with E-state index in [4.69, 9.17) is 0 Å². The second kappa shape index (κ2) is 3.38. The number of hydrogen-bond acceptors (Lipinski definition) is 3. The van der Waals surface area contributed by atoms with Crippen LogP contribution in [0.25, 0.3) is 0 Å². The molecular weight excluding hydrogens is 202 g/mol. The lowest BCUT2D eigenvalue weighted by atomic mass is 9.95. The van der Waals surface area contributed by atoms with E-state index in [1.807, 2.05) is 0 Å². The molecule has 1 saturated carbocycles. The van der Waals surface area contributed by atoms with Crippen molar-refractivity contribution in [2.24, 2.45) is 0 Å². The predicted molar refractivity (Wildman–Crippen MR) is 51.8 cm³/mol. The Morgan fingerprint density at radius 1 is 1.21 bits per heavy atom. The zero-order chi connectivity index (χ0) is 10.2. The molecule has 1 amide bonds. The number of amides is 1. The minimum atomic E-state index is -3.43. The van der Waals surface area contributed by atoms with Crippen molar-refractivity contribution in [3.63, 3.8) is 0 Å². The van der Waals surface area contributed by atoms with Gasteiger partial charge in [0.05, 0.1) is 5.41 Å². The fourth-order valence-electron chi connectivity index (χ4n) is 2.11. The summed E-state index contributed by atoms with van der Waals surface area (Å²) in [5.74, 6) is -0.378. The third-order valence-corrected chi connectivity index (χ3v) is 4.29. The normalized spacial score (nSPS) is 27.1. The van der Waals surface area contributed by atoms with Crippen molar-refractivity contribution in [3.8, 4) is 0 Å². The molecule has 0 aromatic rings. The van der Waals surface area contributed by atoms with E-state index in [9.17, 15) is 13.2 Å². The van der Waals surface area contributed by atoms with E-state index in [0.717, 1.165) is 47.9 Å². The van der Waals surface area contributed by atoms with Gasteiger partial charge in [-0.2, -0.15) is 0 Å². The van der Waals surface area contributed by atoms with Gasteiger partial charge in [-0.15, -0.1) is 0 Å². The fourth-order valence-corrected chi connectivity index (χ4v) is 3.47. The van der Waals surface area contributed by atoms with Gasteiger partial charge in [-0.25, -0.2) is 12.7 Å². The highest BCUT2D eigenvalue weighted by molar-refractivity contribution is 7.93. The maximum atomic E-state index is 11.5. The minimum absolute atomic E-state index is 0.101. The molecule has 0 saturated heterocycles. The molecule has 0 unspecified atom stereocenters. The summed E-state index contributed by atoms with van der Waals surface area (Å²) in [4.78, 5) is 11.3. The first-order valence-corrected chi connectivity index (χ1v) is 6.38. The molecule has 2 rings (SSSR count). The average molecular weight is 215 g/mol. The Hall–Kier alpha value is -0.840. The van der Waals surface area contributed by atoms with Gasteiger partial charge in [-0.3, -0.25) is 4.79 Å². The van der Waals surface area contributed by atoms with Crippen LogP contribution in [0.4, 0.5) is 0 Å². The van der Waals surface area contributed by atoms with Gasteiger partial charge in [0.1, 0.15) is 0 Å². The van der Waals surface area contributed by atoms with E-state index >= 15 is 0 Å². The van der Waals surface area contributed by atoms with Crippen molar-refractivity contribution in [2.45, 2.75) is 38.1 Å². The molecule has 0 spiro atoms. The molecule has 0 bridgehead atoms. The van der Waals surface area contributed by atoms with E-state index in [1.54, 1.807) is 0 Å². The largest absolute Gasteiger partial charge is 0.269 e. The molecule has 1 fully saturated rings. The predicted octanol–water partition coefficient (Wildman–Crippen LogP) is 1.00. The maximum absolute atomic E-state index is 11.5. The summed E-state index contributed by atoms with van der Waals surface area (Å²) in [6.07, 6.45) is 5.95. The summed E-state index contributed by atoms with van der Waals surface area (Å²) in [6.45, 7) is 0. The van der Waals surface area contributed by atoms with Crippen molar-refractivity contribution < 1.29 is 13.2 Å². The second-order valence-corrected chi connectivity index (χ2v) is 5.47. The third-order valence-electron chi connectivity index (χ3n) is 2.78. The Morgan fingerprint density at radius 2 is 1.86 bits per heavy atom. The number of hydrogen-bond donors (Lipinski definition) is 0. The summed E-state index contributed by atoms with van der Waals surface area (Å²) in [5.41, 5.74) is 0. The van der Waals surface area contributed by atoms with Gasteiger partial charge in [0.25, 0.3) is 15.9 Å². The summed E-state index contributed by atoms with van der Waals surface area (Å²) >= 11 is 0. The molecule has 0 N–H and O–H groups in total. The second-order valence-electron chi connectivity index (χ2n) is 3.77. The van der Waals surface area contributed by atoms with Crippen molar-refractivity contribution in [1.29, 1.82) is 0 Å². The Balaban J connectivity index is 2.21. The van der Waals surface area contributed by atoms with Crippen LogP contribution >= 0.6 is 0 Å². The van der Waals surface area contributed by atoms with E-state index in [2.05, 4.69) is 0 Å². The monoisotopic (exact) mass is 215 g/mol. The highest BCUT2D eigenvalue weighted by atomic mass is 32.2. The van der Waals surface area contributed by atoms with Gasteiger partial charge in [-0.1, -0.05) is 19.3 Å². The Bertz CT molecular complexity index is 366. The number of nitrogens with zero attached hydrogens (tertiary/aromatic N) is 1. The van der Waals surface area contributed by atoms with Crippen LogP contribution < -0.4 is 0 Å². The van der Waals surface area contributed by atoms with Crippen LogP contribution in [0.2, 0.25) is 0 Å².